The van der Waals surface area contributed by atoms with Crippen molar-refractivity contribution in [2.24, 2.45) is 0 Å². The van der Waals surface area contributed by atoms with Crippen LogP contribution in [0.15, 0.2) is 66.4 Å². The minimum Gasteiger partial charge on any atom is -0.550 e. The number of benzene rings is 1. The Morgan fingerprint density at radius 2 is 1.82 bits per heavy atom. The number of nitrogens with one attached hydrogen (secondary N) is 2. The number of hydrogen-bond donors (Lipinski definition) is 2. The summed E-state index contributed by atoms with van der Waals surface area (Å²) in [6.45, 7) is -0.330. The van der Waals surface area contributed by atoms with Crippen LogP contribution < -0.4 is 45.3 Å². The number of rotatable bonds is 9. The van der Waals surface area contributed by atoms with Gasteiger partial charge in [-0.3, -0.25) is 18.5 Å². The summed E-state index contributed by atoms with van der Waals surface area (Å²) in [5, 5.41) is 18.0. The molecule has 0 aliphatic carbocycles. The molecule has 0 saturated carbocycles. The number of carboxylic acids is 1. The zero-order chi connectivity index (χ0) is 26.6. The fraction of sp³-hybridized carbons (Fsp3) is 0.125. The van der Waals surface area contributed by atoms with Gasteiger partial charge in [0, 0.05) is 47.6 Å². The first-order chi connectivity index (χ1) is 17.6. The van der Waals surface area contributed by atoms with E-state index in [4.69, 9.17) is 0 Å². The minimum absolute atomic E-state index is 0. The van der Waals surface area contributed by atoms with E-state index in [1.807, 2.05) is 24.3 Å². The van der Waals surface area contributed by atoms with Crippen LogP contribution in [-0.2, 0) is 26.0 Å². The van der Waals surface area contributed by atoms with E-state index in [0.717, 1.165) is 26.9 Å². The largest absolute Gasteiger partial charge is 1.00 e. The molecule has 0 fully saturated rings. The summed E-state index contributed by atoms with van der Waals surface area (Å²) >= 11 is 1.21. The molecular formula is C24H20N5NaO6S2. The summed E-state index contributed by atoms with van der Waals surface area (Å²) in [7, 11) is -3.51. The number of aliphatic carboxylic acids is 1. The van der Waals surface area contributed by atoms with Crippen molar-refractivity contribution in [2.45, 2.75) is 6.42 Å². The van der Waals surface area contributed by atoms with Crippen molar-refractivity contribution in [1.82, 2.24) is 19.3 Å². The average molecular weight is 562 g/mol. The molecule has 4 aromatic rings. The van der Waals surface area contributed by atoms with Crippen molar-refractivity contribution in [3.63, 3.8) is 0 Å². The monoisotopic (exact) mass is 561 g/mol. The van der Waals surface area contributed by atoms with E-state index < -0.39 is 27.8 Å². The molecule has 3 heterocycles. The van der Waals surface area contributed by atoms with Crippen LogP contribution in [0.25, 0.3) is 22.4 Å². The molecule has 0 atom stereocenters. The Morgan fingerprint density at radius 3 is 2.53 bits per heavy atom. The zero-order valence-corrected chi connectivity index (χ0v) is 24.0. The first kappa shape index (κ1) is 29.2. The summed E-state index contributed by atoms with van der Waals surface area (Å²) in [6, 6.07) is 12.3. The van der Waals surface area contributed by atoms with Crippen LogP contribution in [0.4, 0.5) is 5.13 Å². The molecule has 0 radical (unpaired) electrons. The van der Waals surface area contributed by atoms with Crippen LogP contribution in [0.1, 0.15) is 16.1 Å². The van der Waals surface area contributed by atoms with E-state index in [2.05, 4.69) is 20.6 Å². The van der Waals surface area contributed by atoms with Crippen molar-refractivity contribution < 1.29 is 57.5 Å². The number of amides is 2. The molecule has 11 nitrogen and oxygen atoms in total. The molecular weight excluding hydrogens is 541 g/mol. The summed E-state index contributed by atoms with van der Waals surface area (Å²) < 4.78 is 23.9. The molecule has 2 N–H and O–H groups in total. The third-order valence-electron chi connectivity index (χ3n) is 5.11. The van der Waals surface area contributed by atoms with Crippen molar-refractivity contribution in [3.05, 3.63) is 77.7 Å². The zero-order valence-electron chi connectivity index (χ0n) is 20.4. The molecule has 0 aliphatic rings. The molecule has 2 amide bonds. The van der Waals surface area contributed by atoms with Crippen LogP contribution >= 0.6 is 11.3 Å². The molecule has 0 aliphatic heterocycles. The van der Waals surface area contributed by atoms with Crippen molar-refractivity contribution in [1.29, 1.82) is 0 Å². The third kappa shape index (κ3) is 7.58. The normalized spacial score (nSPS) is 10.9. The maximum Gasteiger partial charge on any atom is 1.00 e. The molecule has 0 spiro atoms. The average Bonchev–Trinajstić information content (AvgIpc) is 3.53. The second-order valence-electron chi connectivity index (χ2n) is 7.93. The number of anilines is 1. The molecule has 0 unspecified atom stereocenters. The maximum atomic E-state index is 12.3. The number of hydrogen-bond acceptors (Lipinski definition) is 9. The van der Waals surface area contributed by atoms with Crippen molar-refractivity contribution in [2.75, 3.05) is 18.1 Å². The van der Waals surface area contributed by atoms with Crippen LogP contribution in [0.3, 0.4) is 0 Å². The molecule has 0 bridgehead atoms. The number of carboxylic acid groups (broad SMARTS) is 1. The Labute approximate surface area is 244 Å². The predicted molar refractivity (Wildman–Crippen MR) is 135 cm³/mol. The number of carbonyl (C=O) groups is 3. The number of pyridine rings is 1. The van der Waals surface area contributed by atoms with E-state index in [1.54, 1.807) is 17.5 Å². The first-order valence-corrected chi connectivity index (χ1v) is 13.5. The SMILES string of the molecule is CS(=O)(=O)n1ccc(C(=O)NCC(=O)Nc2nc(-c3cccc(-c4ccnc(CC(=O)[O-])c4)c3)cs2)c1.[Na+]. The molecule has 3 aromatic heterocycles. The van der Waals surface area contributed by atoms with Gasteiger partial charge >= 0.3 is 29.6 Å². The van der Waals surface area contributed by atoms with E-state index in [9.17, 15) is 27.9 Å². The fourth-order valence-corrected chi connectivity index (χ4v) is 4.69. The summed E-state index contributed by atoms with van der Waals surface area (Å²) in [5.74, 6) is -2.29. The van der Waals surface area contributed by atoms with Crippen LogP contribution in [0.5, 0.6) is 0 Å². The second-order valence-corrected chi connectivity index (χ2v) is 10.7. The topological polar surface area (TPSA) is 163 Å². The molecule has 38 heavy (non-hydrogen) atoms. The Balaban J connectivity index is 0.00000400. The third-order valence-corrected chi connectivity index (χ3v) is 6.86. The maximum absolute atomic E-state index is 12.3. The summed E-state index contributed by atoms with van der Waals surface area (Å²) in [4.78, 5) is 43.9. The first-order valence-electron chi connectivity index (χ1n) is 10.8. The number of thiazole rings is 1. The van der Waals surface area contributed by atoms with Crippen LogP contribution in [-0.4, -0.2) is 52.9 Å². The van der Waals surface area contributed by atoms with Gasteiger partial charge in [0.25, 0.3) is 5.91 Å². The fourth-order valence-electron chi connectivity index (χ4n) is 3.37. The van der Waals surface area contributed by atoms with Gasteiger partial charge in [0.05, 0.1) is 24.1 Å². The van der Waals surface area contributed by atoms with Gasteiger partial charge in [-0.05, 0) is 35.4 Å². The standard InChI is InChI=1S/C24H21N5O6S2.Na/c1-37(34,35)29-8-6-18(13-29)23(33)26-12-21(30)28-24-27-20(14-36-24)17-4-2-3-15(9-17)16-5-7-25-19(10-16)11-22(31)32;/h2-10,13-14H,11-12H2,1H3,(H,26,33)(H,31,32)(H,27,28,30);/q;+1/p-1. The quantitative estimate of drug-likeness (QED) is 0.225. The van der Waals surface area contributed by atoms with Crippen LogP contribution in [0, 0.1) is 0 Å². The van der Waals surface area contributed by atoms with Gasteiger partial charge in [-0.2, -0.15) is 0 Å². The summed E-state index contributed by atoms with van der Waals surface area (Å²) in [6.07, 6.45) is 4.68. The second kappa shape index (κ2) is 12.5. The molecule has 1 aromatic carbocycles. The predicted octanol–water partition coefficient (Wildman–Crippen LogP) is -1.85. The Hall–Kier alpha value is -3.36. The summed E-state index contributed by atoms with van der Waals surface area (Å²) in [5.41, 5.74) is 3.54. The Kier molecular flexibility index (Phi) is 9.57. The Bertz CT molecular complexity index is 1600. The van der Waals surface area contributed by atoms with Gasteiger partial charge in [0.15, 0.2) is 5.13 Å². The number of nitrogens with zero attached hydrogens (tertiary/aromatic N) is 3. The number of carbonyl (C=O) groups excluding carboxylic acids is 3. The van der Waals surface area contributed by atoms with Gasteiger partial charge in [-0.1, -0.05) is 18.2 Å². The van der Waals surface area contributed by atoms with E-state index >= 15 is 0 Å². The van der Waals surface area contributed by atoms with E-state index in [1.165, 1.54) is 36.0 Å². The molecule has 4 rings (SSSR count). The molecule has 14 heteroatoms. The van der Waals surface area contributed by atoms with E-state index in [0.29, 0.717) is 16.5 Å². The van der Waals surface area contributed by atoms with Gasteiger partial charge in [0.2, 0.25) is 15.9 Å². The van der Waals surface area contributed by atoms with Gasteiger partial charge in [0.1, 0.15) is 0 Å². The smallest absolute Gasteiger partial charge is 0.550 e. The minimum atomic E-state index is -3.51. The van der Waals surface area contributed by atoms with Gasteiger partial charge < -0.3 is 20.5 Å². The van der Waals surface area contributed by atoms with E-state index in [-0.39, 0.29) is 48.1 Å². The van der Waals surface area contributed by atoms with Gasteiger partial charge in [-0.25, -0.2) is 13.4 Å². The van der Waals surface area contributed by atoms with Crippen molar-refractivity contribution in [3.8, 4) is 22.4 Å². The van der Waals surface area contributed by atoms with Gasteiger partial charge in [-0.15, -0.1) is 11.3 Å². The molecule has 0 saturated heterocycles. The van der Waals surface area contributed by atoms with Crippen LogP contribution in [0.2, 0.25) is 0 Å². The number of aromatic nitrogens is 3. The Morgan fingerprint density at radius 1 is 1.08 bits per heavy atom. The molecule has 190 valence electrons. The van der Waals surface area contributed by atoms with Crippen molar-refractivity contribution >= 4 is 44.3 Å².